The number of benzene rings is 1. The van der Waals surface area contributed by atoms with Crippen molar-refractivity contribution in [3.05, 3.63) is 35.7 Å². The molecule has 0 fully saturated rings. The predicted molar refractivity (Wildman–Crippen MR) is 75.0 cm³/mol. The topological polar surface area (TPSA) is 30.7 Å². The van der Waals surface area contributed by atoms with Gasteiger partial charge in [-0.3, -0.25) is 4.57 Å². The number of para-hydroxylation sites is 1. The summed E-state index contributed by atoms with van der Waals surface area (Å²) in [5.41, 5.74) is 2.34. The predicted octanol–water partition coefficient (Wildman–Crippen LogP) is 3.00. The Hall–Kier alpha value is -1.73. The van der Waals surface area contributed by atoms with Gasteiger partial charge in [-0.2, -0.15) is 0 Å². The third kappa shape index (κ3) is 2.57. The fourth-order valence-corrected chi connectivity index (χ4v) is 2.50. The number of nitrogens with zero attached hydrogens (tertiary/aromatic N) is 3. The highest BCUT2D eigenvalue weighted by Crippen LogP contribution is 2.23. The van der Waals surface area contributed by atoms with Crippen molar-refractivity contribution in [3.63, 3.8) is 0 Å². The molecular formula is C14H15N3S. The van der Waals surface area contributed by atoms with Crippen molar-refractivity contribution in [2.75, 3.05) is 5.75 Å². The zero-order chi connectivity index (χ0) is 13.0. The van der Waals surface area contributed by atoms with E-state index in [0.717, 1.165) is 22.4 Å². The number of hydrogen-bond donors (Lipinski definition) is 0. The zero-order valence-electron chi connectivity index (χ0n) is 10.8. The first kappa shape index (κ1) is 12.7. The minimum atomic E-state index is 0.737. The molecule has 0 saturated heterocycles. The van der Waals surface area contributed by atoms with E-state index in [-0.39, 0.29) is 0 Å². The van der Waals surface area contributed by atoms with Gasteiger partial charge in [-0.25, -0.2) is 0 Å². The molecule has 0 spiro atoms. The van der Waals surface area contributed by atoms with Gasteiger partial charge in [-0.05, 0) is 32.4 Å². The average molecular weight is 257 g/mol. The van der Waals surface area contributed by atoms with Gasteiger partial charge in [0, 0.05) is 0 Å². The highest BCUT2D eigenvalue weighted by molar-refractivity contribution is 7.99. The van der Waals surface area contributed by atoms with Crippen molar-refractivity contribution in [1.29, 1.82) is 0 Å². The molecule has 92 valence electrons. The molecule has 0 atom stereocenters. The van der Waals surface area contributed by atoms with E-state index in [0.29, 0.717) is 0 Å². The summed E-state index contributed by atoms with van der Waals surface area (Å²) in [4.78, 5) is 0. The van der Waals surface area contributed by atoms with Gasteiger partial charge in [0.1, 0.15) is 5.82 Å². The molecule has 2 aromatic rings. The first-order chi connectivity index (χ1) is 8.74. The van der Waals surface area contributed by atoms with Gasteiger partial charge < -0.3 is 0 Å². The van der Waals surface area contributed by atoms with Crippen molar-refractivity contribution >= 4 is 11.8 Å². The minimum absolute atomic E-state index is 0.737. The third-order valence-corrected chi connectivity index (χ3v) is 3.41. The van der Waals surface area contributed by atoms with Crippen molar-refractivity contribution in [3.8, 4) is 17.5 Å². The summed E-state index contributed by atoms with van der Waals surface area (Å²) in [7, 11) is 0. The number of hydrogen-bond acceptors (Lipinski definition) is 3. The molecule has 0 unspecified atom stereocenters. The van der Waals surface area contributed by atoms with Gasteiger partial charge in [-0.15, -0.1) is 16.1 Å². The van der Waals surface area contributed by atoms with Gasteiger partial charge in [0.25, 0.3) is 0 Å². The largest absolute Gasteiger partial charge is 0.274 e. The molecule has 4 heteroatoms. The molecule has 0 amide bonds. The monoisotopic (exact) mass is 257 g/mol. The van der Waals surface area contributed by atoms with Crippen LogP contribution in [0.25, 0.3) is 5.69 Å². The Bertz CT molecular complexity index is 605. The van der Waals surface area contributed by atoms with Crippen LogP contribution in [0.3, 0.4) is 0 Å². The molecule has 1 heterocycles. The van der Waals surface area contributed by atoms with E-state index >= 15 is 0 Å². The Morgan fingerprint density at radius 1 is 1.22 bits per heavy atom. The summed E-state index contributed by atoms with van der Waals surface area (Å²) in [6, 6.07) is 8.24. The Balaban J connectivity index is 2.40. The van der Waals surface area contributed by atoms with Crippen molar-refractivity contribution in [1.82, 2.24) is 14.8 Å². The molecule has 0 aliphatic rings. The second-order valence-electron chi connectivity index (χ2n) is 3.87. The van der Waals surface area contributed by atoms with Crippen LogP contribution < -0.4 is 0 Å². The molecule has 0 bridgehead atoms. The second kappa shape index (κ2) is 5.74. The van der Waals surface area contributed by atoms with Crippen LogP contribution in [0, 0.1) is 25.7 Å². The summed E-state index contributed by atoms with van der Waals surface area (Å²) in [5.74, 6) is 7.55. The van der Waals surface area contributed by atoms with Crippen LogP contribution in [-0.2, 0) is 0 Å². The number of thioether (sulfide) groups is 1. The molecule has 0 radical (unpaired) electrons. The normalized spacial score (nSPS) is 9.94. The van der Waals surface area contributed by atoms with Gasteiger partial charge in [0.05, 0.1) is 11.4 Å². The molecule has 0 aliphatic heterocycles. The Morgan fingerprint density at radius 2 is 2.00 bits per heavy atom. The van der Waals surface area contributed by atoms with Crippen LogP contribution in [-0.4, -0.2) is 20.5 Å². The van der Waals surface area contributed by atoms with E-state index in [1.54, 1.807) is 11.8 Å². The zero-order valence-corrected chi connectivity index (χ0v) is 11.6. The SMILES string of the molecule is CC#CCSc1nnc(C)n1-c1ccccc1C. The van der Waals surface area contributed by atoms with Gasteiger partial charge >= 0.3 is 0 Å². The lowest BCUT2D eigenvalue weighted by Gasteiger charge is -2.10. The smallest absolute Gasteiger partial charge is 0.196 e. The fourth-order valence-electron chi connectivity index (χ4n) is 1.70. The summed E-state index contributed by atoms with van der Waals surface area (Å²) in [6.45, 7) is 5.90. The highest BCUT2D eigenvalue weighted by atomic mass is 32.2. The molecule has 3 nitrogen and oxygen atoms in total. The van der Waals surface area contributed by atoms with Gasteiger partial charge in [0.2, 0.25) is 0 Å². The van der Waals surface area contributed by atoms with Crippen LogP contribution in [0.5, 0.6) is 0 Å². The van der Waals surface area contributed by atoms with Gasteiger partial charge in [-0.1, -0.05) is 35.9 Å². The molecule has 0 saturated carbocycles. The summed E-state index contributed by atoms with van der Waals surface area (Å²) in [5, 5.41) is 9.26. The quantitative estimate of drug-likeness (QED) is 0.625. The lowest BCUT2D eigenvalue weighted by atomic mass is 10.2. The maximum absolute atomic E-state index is 4.21. The van der Waals surface area contributed by atoms with E-state index in [1.165, 1.54) is 5.56 Å². The number of aromatic nitrogens is 3. The van der Waals surface area contributed by atoms with Crippen molar-refractivity contribution < 1.29 is 0 Å². The fraction of sp³-hybridized carbons (Fsp3) is 0.286. The summed E-state index contributed by atoms with van der Waals surface area (Å²) in [6.07, 6.45) is 0. The summed E-state index contributed by atoms with van der Waals surface area (Å²) < 4.78 is 2.08. The summed E-state index contributed by atoms with van der Waals surface area (Å²) >= 11 is 1.61. The molecule has 1 aromatic heterocycles. The van der Waals surface area contributed by atoms with Gasteiger partial charge in [0.15, 0.2) is 5.16 Å². The molecule has 0 N–H and O–H groups in total. The van der Waals surface area contributed by atoms with Crippen LogP contribution in [0.4, 0.5) is 0 Å². The Labute approximate surface area is 112 Å². The standard InChI is InChI=1S/C14H15N3S/c1-4-5-10-18-14-16-15-12(3)17(14)13-9-7-6-8-11(13)2/h6-9H,10H2,1-3H3. The number of rotatable bonds is 3. The lowest BCUT2D eigenvalue weighted by Crippen LogP contribution is -2.01. The van der Waals surface area contributed by atoms with Crippen LogP contribution in [0.1, 0.15) is 18.3 Å². The van der Waals surface area contributed by atoms with E-state index in [9.17, 15) is 0 Å². The third-order valence-electron chi connectivity index (χ3n) is 2.60. The van der Waals surface area contributed by atoms with E-state index < -0.39 is 0 Å². The molecule has 0 aliphatic carbocycles. The maximum atomic E-state index is 4.21. The van der Waals surface area contributed by atoms with E-state index in [2.05, 4.69) is 45.7 Å². The Morgan fingerprint density at radius 3 is 2.72 bits per heavy atom. The minimum Gasteiger partial charge on any atom is -0.274 e. The average Bonchev–Trinajstić information content (AvgIpc) is 2.72. The second-order valence-corrected chi connectivity index (χ2v) is 4.81. The van der Waals surface area contributed by atoms with Crippen molar-refractivity contribution in [2.24, 2.45) is 0 Å². The Kier molecular flexibility index (Phi) is 4.06. The first-order valence-electron chi connectivity index (χ1n) is 5.74. The highest BCUT2D eigenvalue weighted by Gasteiger charge is 2.12. The van der Waals surface area contributed by atoms with Crippen LogP contribution >= 0.6 is 11.8 Å². The molecule has 2 rings (SSSR count). The van der Waals surface area contributed by atoms with Crippen LogP contribution in [0.2, 0.25) is 0 Å². The van der Waals surface area contributed by atoms with E-state index in [4.69, 9.17) is 0 Å². The maximum Gasteiger partial charge on any atom is 0.196 e. The molecule has 18 heavy (non-hydrogen) atoms. The molecular weight excluding hydrogens is 242 g/mol. The van der Waals surface area contributed by atoms with E-state index in [1.807, 2.05) is 26.0 Å². The lowest BCUT2D eigenvalue weighted by molar-refractivity contribution is 0.863. The van der Waals surface area contributed by atoms with Crippen LogP contribution in [0.15, 0.2) is 29.4 Å². The number of aryl methyl sites for hydroxylation is 2. The van der Waals surface area contributed by atoms with Crippen molar-refractivity contribution in [2.45, 2.75) is 25.9 Å². The first-order valence-corrected chi connectivity index (χ1v) is 6.73. The molecule has 1 aromatic carbocycles.